The third kappa shape index (κ3) is 3.98. The van der Waals surface area contributed by atoms with E-state index in [0.29, 0.717) is 22.4 Å². The van der Waals surface area contributed by atoms with Gasteiger partial charge in [-0.15, -0.1) is 0 Å². The van der Waals surface area contributed by atoms with Gasteiger partial charge in [-0.25, -0.2) is 4.79 Å². The number of carboxylic acids is 1. The van der Waals surface area contributed by atoms with Gasteiger partial charge in [0.1, 0.15) is 5.75 Å². The molecule has 1 atom stereocenters. The molecule has 0 radical (unpaired) electrons. The van der Waals surface area contributed by atoms with Gasteiger partial charge in [-0.2, -0.15) is 0 Å². The smallest absolute Gasteiger partial charge is 0.328 e. The number of halogens is 1. The Morgan fingerprint density at radius 2 is 2.14 bits per heavy atom. The van der Waals surface area contributed by atoms with Crippen LogP contribution in [0.25, 0.3) is 0 Å². The molecular weight excluding hydrogens is 354 g/mol. The molecule has 0 unspecified atom stereocenters. The minimum Gasteiger partial charge on any atom is -0.491 e. The highest BCUT2D eigenvalue weighted by atomic mass is 79.9. The van der Waals surface area contributed by atoms with Crippen molar-refractivity contribution in [3.05, 3.63) is 28.2 Å². The van der Waals surface area contributed by atoms with E-state index in [1.54, 1.807) is 18.2 Å². The van der Waals surface area contributed by atoms with E-state index in [0.717, 1.165) is 0 Å². The predicted octanol–water partition coefficient (Wildman–Crippen LogP) is 2.16. The highest BCUT2D eigenvalue weighted by Crippen LogP contribution is 2.24. The number of carboxylic acid groups (broad SMARTS) is 1. The lowest BCUT2D eigenvalue weighted by Crippen LogP contribution is -2.52. The monoisotopic (exact) mass is 371 g/mol. The molecule has 1 saturated heterocycles. The molecular formula is C15H18BrNO5. The molecule has 1 aliphatic heterocycles. The van der Waals surface area contributed by atoms with Crippen LogP contribution in [0.5, 0.6) is 5.75 Å². The number of amides is 1. The average molecular weight is 372 g/mol. The number of ether oxygens (including phenoxy) is 2. The molecule has 1 aliphatic rings. The van der Waals surface area contributed by atoms with Gasteiger partial charge < -0.3 is 19.5 Å². The van der Waals surface area contributed by atoms with Gasteiger partial charge in [0.2, 0.25) is 0 Å². The van der Waals surface area contributed by atoms with Crippen LogP contribution < -0.4 is 4.74 Å². The van der Waals surface area contributed by atoms with Crippen molar-refractivity contribution in [1.82, 2.24) is 4.90 Å². The number of hydrogen-bond acceptors (Lipinski definition) is 4. The summed E-state index contributed by atoms with van der Waals surface area (Å²) in [6.07, 6.45) is -0.0209. The lowest BCUT2D eigenvalue weighted by molar-refractivity contribution is -0.147. The first-order valence-electron chi connectivity index (χ1n) is 6.97. The first-order chi connectivity index (χ1) is 10.4. The number of nitrogens with zero attached hydrogens (tertiary/aromatic N) is 1. The van der Waals surface area contributed by atoms with Gasteiger partial charge >= 0.3 is 5.97 Å². The van der Waals surface area contributed by atoms with Crippen LogP contribution in [0.2, 0.25) is 0 Å². The third-order valence-corrected chi connectivity index (χ3v) is 3.62. The summed E-state index contributed by atoms with van der Waals surface area (Å²) in [4.78, 5) is 25.2. The molecule has 1 amide bonds. The molecule has 0 saturated carbocycles. The molecule has 1 aromatic carbocycles. The quantitative estimate of drug-likeness (QED) is 0.877. The largest absolute Gasteiger partial charge is 0.491 e. The topological polar surface area (TPSA) is 76.1 Å². The maximum Gasteiger partial charge on any atom is 0.328 e. The SMILES string of the molecule is CC(C)Oc1cc(Br)cc(C(=O)N2CCOC[C@@H]2C(=O)O)c1. The molecule has 1 heterocycles. The lowest BCUT2D eigenvalue weighted by atomic mass is 10.1. The number of hydrogen-bond donors (Lipinski definition) is 1. The summed E-state index contributed by atoms with van der Waals surface area (Å²) in [6, 6.07) is 4.09. The molecule has 22 heavy (non-hydrogen) atoms. The van der Waals surface area contributed by atoms with Gasteiger partial charge in [-0.3, -0.25) is 4.79 Å². The highest BCUT2D eigenvalue weighted by molar-refractivity contribution is 9.10. The van der Waals surface area contributed by atoms with Crippen molar-refractivity contribution in [3.8, 4) is 5.75 Å². The molecule has 1 fully saturated rings. The summed E-state index contributed by atoms with van der Waals surface area (Å²) in [6.45, 7) is 4.38. The van der Waals surface area contributed by atoms with Crippen molar-refractivity contribution in [2.24, 2.45) is 0 Å². The standard InChI is InChI=1S/C15H18BrNO5/c1-9(2)22-12-6-10(5-11(16)7-12)14(18)17-3-4-21-8-13(17)15(19)20/h5-7,9,13H,3-4,8H2,1-2H3,(H,19,20)/t13-/m1/s1. The Morgan fingerprint density at radius 3 is 2.77 bits per heavy atom. The van der Waals surface area contributed by atoms with Gasteiger partial charge in [0.25, 0.3) is 5.91 Å². The van der Waals surface area contributed by atoms with E-state index in [2.05, 4.69) is 15.9 Å². The fourth-order valence-corrected chi connectivity index (χ4v) is 2.72. The number of rotatable bonds is 4. The average Bonchev–Trinajstić information content (AvgIpc) is 2.45. The van der Waals surface area contributed by atoms with E-state index < -0.39 is 12.0 Å². The number of benzene rings is 1. The van der Waals surface area contributed by atoms with E-state index in [4.69, 9.17) is 9.47 Å². The molecule has 1 aromatic rings. The van der Waals surface area contributed by atoms with Crippen molar-refractivity contribution in [2.75, 3.05) is 19.8 Å². The van der Waals surface area contributed by atoms with Gasteiger partial charge in [-0.05, 0) is 32.0 Å². The Hall–Kier alpha value is -1.60. The van der Waals surface area contributed by atoms with Crippen molar-refractivity contribution >= 4 is 27.8 Å². The Morgan fingerprint density at radius 1 is 1.41 bits per heavy atom. The zero-order valence-corrected chi connectivity index (χ0v) is 14.0. The zero-order chi connectivity index (χ0) is 16.3. The van der Waals surface area contributed by atoms with Crippen LogP contribution in [0.4, 0.5) is 0 Å². The normalized spacial score (nSPS) is 18.4. The highest BCUT2D eigenvalue weighted by Gasteiger charge is 2.33. The predicted molar refractivity (Wildman–Crippen MR) is 83.2 cm³/mol. The van der Waals surface area contributed by atoms with Crippen molar-refractivity contribution in [2.45, 2.75) is 26.0 Å². The van der Waals surface area contributed by atoms with E-state index in [1.807, 2.05) is 13.8 Å². The Labute approximate surface area is 137 Å². The van der Waals surface area contributed by atoms with Crippen LogP contribution in [0.3, 0.4) is 0 Å². The summed E-state index contributed by atoms with van der Waals surface area (Å²) in [5.41, 5.74) is 0.387. The fourth-order valence-electron chi connectivity index (χ4n) is 2.24. The van der Waals surface area contributed by atoms with Crippen LogP contribution in [0.1, 0.15) is 24.2 Å². The summed E-state index contributed by atoms with van der Waals surface area (Å²) >= 11 is 3.35. The molecule has 7 heteroatoms. The van der Waals surface area contributed by atoms with E-state index in [9.17, 15) is 14.7 Å². The molecule has 0 spiro atoms. The fraction of sp³-hybridized carbons (Fsp3) is 0.467. The molecule has 6 nitrogen and oxygen atoms in total. The number of carbonyl (C=O) groups is 2. The maximum atomic E-state index is 12.6. The van der Waals surface area contributed by atoms with Crippen molar-refractivity contribution in [1.29, 1.82) is 0 Å². The van der Waals surface area contributed by atoms with Gasteiger partial charge in [0.15, 0.2) is 6.04 Å². The van der Waals surface area contributed by atoms with E-state index in [-0.39, 0.29) is 25.2 Å². The summed E-state index contributed by atoms with van der Waals surface area (Å²) < 4.78 is 11.5. The number of morpholine rings is 1. The van der Waals surface area contributed by atoms with E-state index >= 15 is 0 Å². The number of carbonyl (C=O) groups excluding carboxylic acids is 1. The Bertz CT molecular complexity index is 575. The van der Waals surface area contributed by atoms with Gasteiger partial charge in [0, 0.05) is 16.6 Å². The Kier molecular flexibility index (Phi) is 5.42. The number of aliphatic carboxylic acids is 1. The molecule has 1 N–H and O–H groups in total. The van der Waals surface area contributed by atoms with Crippen molar-refractivity contribution < 1.29 is 24.2 Å². The van der Waals surface area contributed by atoms with Crippen LogP contribution in [-0.2, 0) is 9.53 Å². The summed E-state index contributed by atoms with van der Waals surface area (Å²) in [7, 11) is 0. The third-order valence-electron chi connectivity index (χ3n) is 3.16. The van der Waals surface area contributed by atoms with Gasteiger partial charge in [0.05, 0.1) is 19.3 Å². The van der Waals surface area contributed by atoms with Gasteiger partial charge in [-0.1, -0.05) is 15.9 Å². The van der Waals surface area contributed by atoms with Crippen LogP contribution in [0.15, 0.2) is 22.7 Å². The minimum absolute atomic E-state index is 0.00439. The van der Waals surface area contributed by atoms with Crippen LogP contribution in [-0.4, -0.2) is 53.8 Å². The van der Waals surface area contributed by atoms with Crippen LogP contribution >= 0.6 is 15.9 Å². The first-order valence-corrected chi connectivity index (χ1v) is 7.76. The molecule has 0 aromatic heterocycles. The maximum absolute atomic E-state index is 12.6. The second kappa shape index (κ2) is 7.11. The molecule has 0 aliphatic carbocycles. The minimum atomic E-state index is -1.07. The van der Waals surface area contributed by atoms with E-state index in [1.165, 1.54) is 4.90 Å². The molecule has 0 bridgehead atoms. The zero-order valence-electron chi connectivity index (χ0n) is 12.4. The van der Waals surface area contributed by atoms with Crippen molar-refractivity contribution in [3.63, 3.8) is 0 Å². The first kappa shape index (κ1) is 16.8. The molecule has 120 valence electrons. The summed E-state index contributed by atoms with van der Waals surface area (Å²) in [5.74, 6) is -0.847. The second-order valence-corrected chi connectivity index (χ2v) is 6.19. The lowest BCUT2D eigenvalue weighted by Gasteiger charge is -2.33. The van der Waals surface area contributed by atoms with Crippen LogP contribution in [0, 0.1) is 0 Å². The summed E-state index contributed by atoms with van der Waals surface area (Å²) in [5, 5.41) is 9.22. The molecule has 2 rings (SSSR count). The second-order valence-electron chi connectivity index (χ2n) is 5.27. The Balaban J connectivity index is 2.27.